The van der Waals surface area contributed by atoms with Crippen molar-refractivity contribution in [2.75, 3.05) is 0 Å². The third kappa shape index (κ3) is 3.34. The number of nitrogens with zero attached hydrogens (tertiary/aromatic N) is 2. The Labute approximate surface area is 106 Å². The van der Waals surface area contributed by atoms with Gasteiger partial charge in [-0.1, -0.05) is 17.0 Å². The lowest BCUT2D eigenvalue weighted by molar-refractivity contribution is -0.137. The molecule has 4 nitrogen and oxygen atoms in total. The minimum absolute atomic E-state index is 0.0466. The van der Waals surface area contributed by atoms with Crippen LogP contribution in [0.5, 0.6) is 0 Å². The standard InChI is InChI=1S/C12H9F3N2O2/c13-12(14,15)10-5-3-9(4-6-10)8-19-17-11(18)2-1-7-16-17/h1-7H,8H2. The van der Waals surface area contributed by atoms with Gasteiger partial charge < -0.3 is 4.84 Å². The zero-order valence-electron chi connectivity index (χ0n) is 9.59. The van der Waals surface area contributed by atoms with Crippen LogP contribution in [0.2, 0.25) is 0 Å². The Morgan fingerprint density at radius 3 is 2.42 bits per heavy atom. The number of hydrogen-bond donors (Lipinski definition) is 0. The van der Waals surface area contributed by atoms with E-state index in [2.05, 4.69) is 5.10 Å². The second kappa shape index (κ2) is 5.13. The highest BCUT2D eigenvalue weighted by molar-refractivity contribution is 5.24. The molecule has 0 aliphatic carbocycles. The molecule has 0 saturated heterocycles. The van der Waals surface area contributed by atoms with Gasteiger partial charge in [0.15, 0.2) is 0 Å². The van der Waals surface area contributed by atoms with Gasteiger partial charge in [-0.15, -0.1) is 5.10 Å². The van der Waals surface area contributed by atoms with E-state index in [9.17, 15) is 18.0 Å². The first kappa shape index (κ1) is 13.1. The average Bonchev–Trinajstić information content (AvgIpc) is 2.37. The van der Waals surface area contributed by atoms with Gasteiger partial charge in [-0.05, 0) is 23.8 Å². The highest BCUT2D eigenvalue weighted by Gasteiger charge is 2.29. The third-order valence-corrected chi connectivity index (χ3v) is 2.32. The quantitative estimate of drug-likeness (QED) is 0.855. The van der Waals surface area contributed by atoms with Crippen molar-refractivity contribution < 1.29 is 18.0 Å². The van der Waals surface area contributed by atoms with Crippen molar-refractivity contribution in [3.63, 3.8) is 0 Å². The molecule has 1 aromatic carbocycles. The van der Waals surface area contributed by atoms with Gasteiger partial charge in [-0.3, -0.25) is 4.79 Å². The zero-order chi connectivity index (χ0) is 13.9. The molecule has 0 N–H and O–H groups in total. The highest BCUT2D eigenvalue weighted by Crippen LogP contribution is 2.28. The van der Waals surface area contributed by atoms with Crippen molar-refractivity contribution in [3.8, 4) is 0 Å². The van der Waals surface area contributed by atoms with E-state index < -0.39 is 17.3 Å². The van der Waals surface area contributed by atoms with Crippen molar-refractivity contribution in [1.29, 1.82) is 0 Å². The maximum absolute atomic E-state index is 12.3. The highest BCUT2D eigenvalue weighted by atomic mass is 19.4. The molecule has 0 aliphatic heterocycles. The van der Waals surface area contributed by atoms with Gasteiger partial charge in [0.1, 0.15) is 6.61 Å². The van der Waals surface area contributed by atoms with E-state index in [0.29, 0.717) is 5.56 Å². The number of alkyl halides is 3. The summed E-state index contributed by atoms with van der Waals surface area (Å²) in [5, 5.41) is 3.65. The first-order chi connectivity index (χ1) is 8.97. The van der Waals surface area contributed by atoms with Gasteiger partial charge in [0.05, 0.1) is 11.8 Å². The fourth-order valence-corrected chi connectivity index (χ4v) is 1.37. The van der Waals surface area contributed by atoms with Crippen LogP contribution in [-0.4, -0.2) is 9.94 Å². The zero-order valence-corrected chi connectivity index (χ0v) is 9.59. The van der Waals surface area contributed by atoms with E-state index in [1.807, 2.05) is 0 Å². The van der Waals surface area contributed by atoms with Crippen LogP contribution >= 0.6 is 0 Å². The first-order valence-corrected chi connectivity index (χ1v) is 5.30. The van der Waals surface area contributed by atoms with Gasteiger partial charge in [0.25, 0.3) is 0 Å². The van der Waals surface area contributed by atoms with Crippen molar-refractivity contribution >= 4 is 0 Å². The molecular formula is C12H9F3N2O2. The van der Waals surface area contributed by atoms with E-state index in [0.717, 1.165) is 17.0 Å². The Bertz CT molecular complexity index is 605. The SMILES string of the molecule is O=c1cccnn1OCc1ccc(C(F)(F)F)cc1. The minimum Gasteiger partial charge on any atom is -0.389 e. The number of halogens is 3. The normalized spacial score (nSPS) is 11.3. The van der Waals surface area contributed by atoms with Gasteiger partial charge in [-0.2, -0.15) is 13.2 Å². The molecule has 0 spiro atoms. The van der Waals surface area contributed by atoms with Gasteiger partial charge >= 0.3 is 11.7 Å². The molecule has 0 aliphatic rings. The molecule has 2 aromatic rings. The summed E-state index contributed by atoms with van der Waals surface area (Å²) in [6.45, 7) is -0.0466. The maximum Gasteiger partial charge on any atom is 0.416 e. The van der Waals surface area contributed by atoms with Crippen molar-refractivity contribution in [1.82, 2.24) is 9.94 Å². The molecule has 7 heteroatoms. The summed E-state index contributed by atoms with van der Waals surface area (Å²) in [4.78, 5) is 17.1. The smallest absolute Gasteiger partial charge is 0.389 e. The van der Waals surface area contributed by atoms with E-state index >= 15 is 0 Å². The molecule has 100 valence electrons. The van der Waals surface area contributed by atoms with Crippen molar-refractivity contribution in [2.45, 2.75) is 12.8 Å². The van der Waals surface area contributed by atoms with Gasteiger partial charge in [-0.25, -0.2) is 0 Å². The fourth-order valence-electron chi connectivity index (χ4n) is 1.37. The van der Waals surface area contributed by atoms with Crippen LogP contribution in [0.1, 0.15) is 11.1 Å². The summed E-state index contributed by atoms with van der Waals surface area (Å²) < 4.78 is 37.0. The number of benzene rings is 1. The Morgan fingerprint density at radius 1 is 1.16 bits per heavy atom. The molecule has 0 saturated carbocycles. The molecule has 0 bridgehead atoms. The largest absolute Gasteiger partial charge is 0.416 e. The second-order valence-electron chi connectivity index (χ2n) is 3.70. The summed E-state index contributed by atoms with van der Waals surface area (Å²) >= 11 is 0. The molecule has 0 unspecified atom stereocenters. The number of aromatic nitrogens is 2. The lowest BCUT2D eigenvalue weighted by atomic mass is 10.1. The van der Waals surface area contributed by atoms with E-state index in [1.165, 1.54) is 30.5 Å². The van der Waals surface area contributed by atoms with Crippen molar-refractivity contribution in [3.05, 3.63) is 64.1 Å². The average molecular weight is 270 g/mol. The molecule has 1 heterocycles. The molecule has 19 heavy (non-hydrogen) atoms. The Balaban J connectivity index is 2.05. The van der Waals surface area contributed by atoms with Gasteiger partial charge in [0.2, 0.25) is 0 Å². The van der Waals surface area contributed by atoms with Crippen LogP contribution in [0.25, 0.3) is 0 Å². The lowest BCUT2D eigenvalue weighted by Gasteiger charge is -2.08. The summed E-state index contributed by atoms with van der Waals surface area (Å²) in [7, 11) is 0. The number of hydrogen-bond acceptors (Lipinski definition) is 3. The Kier molecular flexibility index (Phi) is 3.55. The molecule has 1 aromatic heterocycles. The van der Waals surface area contributed by atoms with Crippen LogP contribution in [0.3, 0.4) is 0 Å². The number of rotatable bonds is 3. The predicted octanol–water partition coefficient (Wildman–Crippen LogP) is 1.89. The minimum atomic E-state index is -4.36. The monoisotopic (exact) mass is 270 g/mol. The van der Waals surface area contributed by atoms with Crippen LogP contribution in [0.4, 0.5) is 13.2 Å². The summed E-state index contributed by atoms with van der Waals surface area (Å²) in [6, 6.07) is 7.22. The maximum atomic E-state index is 12.3. The van der Waals surface area contributed by atoms with E-state index in [-0.39, 0.29) is 6.61 Å². The molecular weight excluding hydrogens is 261 g/mol. The fraction of sp³-hybridized carbons (Fsp3) is 0.167. The second-order valence-corrected chi connectivity index (χ2v) is 3.70. The van der Waals surface area contributed by atoms with E-state index in [1.54, 1.807) is 0 Å². The van der Waals surface area contributed by atoms with Crippen LogP contribution in [0.15, 0.2) is 47.4 Å². The first-order valence-electron chi connectivity index (χ1n) is 5.30. The van der Waals surface area contributed by atoms with Crippen LogP contribution in [0, 0.1) is 0 Å². The van der Waals surface area contributed by atoms with Crippen LogP contribution < -0.4 is 10.4 Å². The molecule has 0 radical (unpaired) electrons. The topological polar surface area (TPSA) is 44.1 Å². The van der Waals surface area contributed by atoms with Gasteiger partial charge in [0, 0.05) is 6.07 Å². The Hall–Kier alpha value is -2.31. The molecule has 0 atom stereocenters. The summed E-state index contributed by atoms with van der Waals surface area (Å²) in [5.41, 5.74) is -0.675. The summed E-state index contributed by atoms with van der Waals surface area (Å²) in [5.74, 6) is 0. The predicted molar refractivity (Wildman–Crippen MR) is 60.2 cm³/mol. The van der Waals surface area contributed by atoms with Crippen LogP contribution in [-0.2, 0) is 12.8 Å². The Morgan fingerprint density at radius 2 is 1.84 bits per heavy atom. The third-order valence-electron chi connectivity index (χ3n) is 2.32. The lowest BCUT2D eigenvalue weighted by Crippen LogP contribution is -2.27. The van der Waals surface area contributed by atoms with E-state index in [4.69, 9.17) is 4.84 Å². The molecule has 2 rings (SSSR count). The van der Waals surface area contributed by atoms with Crippen molar-refractivity contribution in [2.24, 2.45) is 0 Å². The summed E-state index contributed by atoms with van der Waals surface area (Å²) in [6.07, 6.45) is -2.99. The molecule has 0 fully saturated rings. The molecule has 0 amide bonds.